The van der Waals surface area contributed by atoms with Gasteiger partial charge >= 0.3 is 6.09 Å². The summed E-state index contributed by atoms with van der Waals surface area (Å²) < 4.78 is 105. The van der Waals surface area contributed by atoms with Crippen molar-refractivity contribution in [1.82, 2.24) is 30.2 Å². The number of nitrogens with one attached hydrogen (secondary N) is 3. The van der Waals surface area contributed by atoms with Gasteiger partial charge in [0, 0.05) is 25.0 Å². The predicted molar refractivity (Wildman–Crippen MR) is 256 cm³/mol. The number of rotatable bonds is 16. The zero-order valence-corrected chi connectivity index (χ0v) is 43.0. The highest BCUT2D eigenvalue weighted by atomic mass is 32.2. The number of fused-ring (bicyclic) bond motifs is 5. The third kappa shape index (κ3) is 13.2. The molecule has 0 unspecified atom stereocenters. The zero-order chi connectivity index (χ0) is 52.1. The molecule has 2 bridgehead atoms. The quantitative estimate of drug-likeness (QED) is 0.0928. The fourth-order valence-corrected chi connectivity index (χ4v) is 11.0. The average molecular weight is 1030 g/mol. The lowest BCUT2D eigenvalue weighted by molar-refractivity contribution is -0.144. The van der Waals surface area contributed by atoms with E-state index in [-0.39, 0.29) is 42.6 Å². The summed E-state index contributed by atoms with van der Waals surface area (Å²) in [5, 5.41) is 13.6. The normalized spacial score (nSPS) is 28.1. The number of unbranched alkanes of at least 4 members (excludes halogenated alkanes) is 7. The number of alkyl halides is 4. The Morgan fingerprint density at radius 1 is 0.972 bits per heavy atom. The van der Waals surface area contributed by atoms with Crippen molar-refractivity contribution in [2.24, 2.45) is 23.2 Å². The Labute approximate surface area is 414 Å². The molecule has 16 nitrogen and oxygen atoms in total. The number of alkyl carbamates (subject to hydrolysis) is 1. The maximum absolute atomic E-state index is 16.3. The van der Waals surface area contributed by atoms with Crippen LogP contribution in [0.2, 0.25) is 0 Å². The number of hydrogen-bond donors (Lipinski definition) is 4. The summed E-state index contributed by atoms with van der Waals surface area (Å²) in [5.41, 5.74) is -3.83. The molecule has 0 spiro atoms. The van der Waals surface area contributed by atoms with Gasteiger partial charge < -0.3 is 34.9 Å². The Kier molecular flexibility index (Phi) is 17.8. The molecule has 1 aromatic heterocycles. The van der Waals surface area contributed by atoms with Gasteiger partial charge in [0.25, 0.3) is 11.8 Å². The summed E-state index contributed by atoms with van der Waals surface area (Å²) in [6.07, 6.45) is 5.47. The molecule has 0 radical (unpaired) electrons. The second kappa shape index (κ2) is 22.7. The highest BCUT2D eigenvalue weighted by molar-refractivity contribution is 7.91. The van der Waals surface area contributed by atoms with Crippen molar-refractivity contribution >= 4 is 44.9 Å². The number of sulfonamides is 1. The van der Waals surface area contributed by atoms with Crippen molar-refractivity contribution in [1.29, 1.82) is 0 Å². The first-order chi connectivity index (χ1) is 33.4. The van der Waals surface area contributed by atoms with E-state index in [0.29, 0.717) is 31.6 Å². The summed E-state index contributed by atoms with van der Waals surface area (Å²) in [7, 11) is -2.89. The van der Waals surface area contributed by atoms with Gasteiger partial charge in [0.05, 0.1) is 35.4 Å². The number of amides is 4. The summed E-state index contributed by atoms with van der Waals surface area (Å²) >= 11 is 0. The molecule has 2 aromatic rings. The Balaban J connectivity index is 0.000000670. The molecule has 3 aliphatic carbocycles. The number of aromatic nitrogens is 2. The van der Waals surface area contributed by atoms with E-state index in [1.165, 1.54) is 71.1 Å². The minimum atomic E-state index is -4.31. The number of hydrogen-bond acceptors (Lipinski definition) is 12. The van der Waals surface area contributed by atoms with E-state index in [1.54, 1.807) is 33.8 Å². The maximum atomic E-state index is 16.3. The molecular weight excluding hydrogens is 953 g/mol. The molecule has 71 heavy (non-hydrogen) atoms. The molecule has 398 valence electrons. The van der Waals surface area contributed by atoms with Crippen LogP contribution >= 0.6 is 0 Å². The topological polar surface area (TPSA) is 215 Å². The van der Waals surface area contributed by atoms with Gasteiger partial charge in [-0.25, -0.2) is 32.0 Å². The van der Waals surface area contributed by atoms with Gasteiger partial charge in [-0.15, -0.1) is 0 Å². The molecule has 4 amide bonds. The van der Waals surface area contributed by atoms with Gasteiger partial charge in [-0.2, -0.15) is 8.78 Å². The molecule has 1 aromatic carbocycles. The minimum Gasteiger partial charge on any atom is -0.497 e. The highest BCUT2D eigenvalue weighted by Gasteiger charge is 2.68. The van der Waals surface area contributed by atoms with Crippen molar-refractivity contribution in [2.75, 3.05) is 20.3 Å². The fraction of sp³-hybridized carbons (Fsp3) is 0.760. The maximum Gasteiger partial charge on any atom is 0.408 e. The smallest absolute Gasteiger partial charge is 0.408 e. The molecule has 5 aliphatic rings. The van der Waals surface area contributed by atoms with E-state index in [1.807, 2.05) is 4.72 Å². The van der Waals surface area contributed by atoms with E-state index in [0.717, 1.165) is 11.3 Å². The van der Waals surface area contributed by atoms with E-state index < -0.39 is 129 Å². The lowest BCUT2D eigenvalue weighted by Gasteiger charge is -2.36. The number of methoxy groups -OCH3 is 1. The van der Waals surface area contributed by atoms with Gasteiger partial charge in [-0.05, 0) is 81.8 Å². The molecule has 3 heterocycles. The Morgan fingerprint density at radius 2 is 1.65 bits per heavy atom. The first kappa shape index (κ1) is 55.8. The second-order valence-corrected chi connectivity index (χ2v) is 23.6. The van der Waals surface area contributed by atoms with Gasteiger partial charge in [-0.3, -0.25) is 19.1 Å². The van der Waals surface area contributed by atoms with E-state index in [4.69, 9.17) is 19.3 Å². The number of carbonyl (C=O) groups excluding carboxylic acids is 4. The van der Waals surface area contributed by atoms with Crippen LogP contribution in [0.25, 0.3) is 11.0 Å². The van der Waals surface area contributed by atoms with Crippen molar-refractivity contribution < 1.29 is 64.5 Å². The minimum absolute atomic E-state index is 0.0516. The third-order valence-corrected chi connectivity index (χ3v) is 16.9. The van der Waals surface area contributed by atoms with Crippen molar-refractivity contribution in [3.8, 4) is 11.6 Å². The SMILES string of the molecule is CCCCCCCCCCO.CC[C@@H]1[C@@H]2CN(C(=O)[C@H](C(C)(C)C)NC(=O)O[C@@H]3C[C@H]3CCCCC(F)(F)c3nc4ccc(OC)cc4nc3O2)[C@@H]1C(=O)N[C@]1(C(=O)NS(=O)(=O)C2(C)CC2)C[C@H]1C(F)F. The monoisotopic (exact) mass is 1030 g/mol. The lowest BCUT2D eigenvalue weighted by Crippen LogP contribution is -2.61. The van der Waals surface area contributed by atoms with Crippen LogP contribution in [0.5, 0.6) is 11.6 Å². The molecule has 1 saturated heterocycles. The molecule has 4 fully saturated rings. The van der Waals surface area contributed by atoms with Crippen molar-refractivity contribution in [3.63, 3.8) is 0 Å². The van der Waals surface area contributed by atoms with Crippen LogP contribution in [0.4, 0.5) is 22.4 Å². The van der Waals surface area contributed by atoms with E-state index in [9.17, 15) is 36.4 Å². The van der Waals surface area contributed by atoms with Crippen LogP contribution in [0, 0.1) is 23.2 Å². The number of nitrogens with zero attached hydrogens (tertiary/aromatic N) is 3. The standard InChI is InChI=1S/C40H52F4N6O9S.C10H22O/c1-7-22-27-19-50(28(22)32(51)48-39(18-23(39)31(41)42)35(53)49-60(55,56)38(5)14-15-38)34(52)30(37(2,3)4)47-36(54)59-26-16-20(26)10-8-9-13-40(43,44)29-33(58-27)46-25-17-21(57-6)11-12-24(25)45-29;1-2-3-4-5-6-7-8-9-10-11/h11-12,17,20,22-23,26-28,30-31H,7-10,13-16,18-19H2,1-6H3,(H,47,54)(H,48,51)(H,49,53);11H,2-10H2,1H3/t20-,22-,23+,26-,27+,28+,30-,39-;/m1./s1. The second-order valence-electron chi connectivity index (χ2n) is 21.4. The van der Waals surface area contributed by atoms with Crippen LogP contribution in [0.3, 0.4) is 0 Å². The third-order valence-electron chi connectivity index (χ3n) is 14.8. The van der Waals surface area contributed by atoms with Crippen LogP contribution < -0.4 is 24.8 Å². The number of benzene rings is 1. The van der Waals surface area contributed by atoms with Gasteiger partial charge in [0.1, 0.15) is 35.6 Å². The predicted octanol–water partition coefficient (Wildman–Crippen LogP) is 8.08. The summed E-state index contributed by atoms with van der Waals surface area (Å²) in [6.45, 7) is 10.2. The Hall–Kier alpha value is -4.53. The zero-order valence-electron chi connectivity index (χ0n) is 42.2. The van der Waals surface area contributed by atoms with Crippen LogP contribution in [0.1, 0.15) is 156 Å². The molecule has 7 rings (SSSR count). The molecule has 8 atom stereocenters. The fourth-order valence-electron chi connectivity index (χ4n) is 9.68. The van der Waals surface area contributed by atoms with Crippen molar-refractivity contribution in [2.45, 2.75) is 198 Å². The number of carbonyl (C=O) groups is 4. The molecule has 3 saturated carbocycles. The van der Waals surface area contributed by atoms with Gasteiger partial charge in [-0.1, -0.05) is 86.0 Å². The largest absolute Gasteiger partial charge is 0.497 e. The Morgan fingerprint density at radius 3 is 2.24 bits per heavy atom. The lowest BCUT2D eigenvalue weighted by atomic mass is 9.85. The number of halogens is 4. The van der Waals surface area contributed by atoms with Crippen molar-refractivity contribution in [3.05, 3.63) is 23.9 Å². The van der Waals surface area contributed by atoms with E-state index in [2.05, 4.69) is 27.5 Å². The average Bonchev–Trinajstić information content (AvgIpc) is 4.27. The number of aliphatic hydroxyl groups excluding tert-OH is 1. The van der Waals surface area contributed by atoms with Gasteiger partial charge in [0.15, 0.2) is 5.69 Å². The summed E-state index contributed by atoms with van der Waals surface area (Å²) in [5.74, 6) is -9.85. The summed E-state index contributed by atoms with van der Waals surface area (Å²) in [4.78, 5) is 66.3. The van der Waals surface area contributed by atoms with Crippen LogP contribution in [-0.2, 0) is 35.1 Å². The molecule has 21 heteroatoms. The van der Waals surface area contributed by atoms with Gasteiger partial charge in [0.2, 0.25) is 34.1 Å². The molecular formula is C50H74F4N6O10S. The first-order valence-electron chi connectivity index (χ1n) is 25.4. The highest BCUT2D eigenvalue weighted by Crippen LogP contribution is 2.50. The summed E-state index contributed by atoms with van der Waals surface area (Å²) in [6, 6.07) is 1.59. The number of ether oxygens (including phenoxy) is 3. The molecule has 4 N–H and O–H groups in total. The van der Waals surface area contributed by atoms with E-state index >= 15 is 8.78 Å². The first-order valence-corrected chi connectivity index (χ1v) is 26.9. The Bertz CT molecular complexity index is 2330. The molecule has 2 aliphatic heterocycles. The van der Waals surface area contributed by atoms with Crippen LogP contribution in [-0.4, -0.2) is 113 Å². The number of aliphatic hydroxyl groups is 1. The van der Waals surface area contributed by atoms with Crippen LogP contribution in [0.15, 0.2) is 18.2 Å².